The number of nitrogens with zero attached hydrogens (tertiary/aromatic N) is 2. The molecule has 1 aliphatic heterocycles. The Morgan fingerprint density at radius 3 is 3.13 bits per heavy atom. The van der Waals surface area contributed by atoms with Crippen molar-refractivity contribution in [3.05, 3.63) is 17.5 Å². The molecule has 15 heavy (non-hydrogen) atoms. The van der Waals surface area contributed by atoms with Crippen molar-refractivity contribution >= 4 is 5.91 Å². The predicted octanol–water partition coefficient (Wildman–Crippen LogP) is 0.546. The zero-order valence-electron chi connectivity index (χ0n) is 8.77. The number of carbonyl (C=O) groups excluding carboxylic acids is 1. The van der Waals surface area contributed by atoms with E-state index in [0.717, 1.165) is 19.4 Å². The van der Waals surface area contributed by atoms with Gasteiger partial charge in [-0.05, 0) is 19.8 Å². The van der Waals surface area contributed by atoms with Crippen LogP contribution in [0.25, 0.3) is 0 Å². The lowest BCUT2D eigenvalue weighted by Crippen LogP contribution is -2.45. The molecule has 0 spiro atoms. The van der Waals surface area contributed by atoms with Gasteiger partial charge in [0.2, 0.25) is 0 Å². The smallest absolute Gasteiger partial charge is 0.276 e. The molecule has 82 valence electrons. The van der Waals surface area contributed by atoms with E-state index in [0.29, 0.717) is 18.0 Å². The minimum absolute atomic E-state index is 0.0815. The normalized spacial score (nSPS) is 21.7. The fourth-order valence-electron chi connectivity index (χ4n) is 1.82. The minimum atomic E-state index is -0.0815. The molecule has 0 unspecified atom stereocenters. The van der Waals surface area contributed by atoms with Crippen molar-refractivity contribution in [2.45, 2.75) is 25.8 Å². The SMILES string of the molecule is Cc1cc(C(=O)N2CCC[C@@H](N)C2)no1. The van der Waals surface area contributed by atoms with E-state index >= 15 is 0 Å². The van der Waals surface area contributed by atoms with Crippen LogP contribution in [0.2, 0.25) is 0 Å². The molecule has 0 aromatic carbocycles. The van der Waals surface area contributed by atoms with Crippen molar-refractivity contribution in [1.82, 2.24) is 10.1 Å². The quantitative estimate of drug-likeness (QED) is 0.733. The Labute approximate surface area is 88.2 Å². The van der Waals surface area contributed by atoms with E-state index in [-0.39, 0.29) is 11.9 Å². The molecular formula is C10H15N3O2. The third-order valence-electron chi connectivity index (χ3n) is 2.59. The summed E-state index contributed by atoms with van der Waals surface area (Å²) < 4.78 is 4.87. The third-order valence-corrected chi connectivity index (χ3v) is 2.59. The van der Waals surface area contributed by atoms with E-state index in [1.54, 1.807) is 17.9 Å². The second-order valence-electron chi connectivity index (χ2n) is 3.98. The fourth-order valence-corrected chi connectivity index (χ4v) is 1.82. The van der Waals surface area contributed by atoms with Crippen LogP contribution >= 0.6 is 0 Å². The molecule has 5 nitrogen and oxygen atoms in total. The summed E-state index contributed by atoms with van der Waals surface area (Å²) in [4.78, 5) is 13.6. The van der Waals surface area contributed by atoms with E-state index < -0.39 is 0 Å². The molecule has 1 aliphatic rings. The Morgan fingerprint density at radius 2 is 2.53 bits per heavy atom. The van der Waals surface area contributed by atoms with Gasteiger partial charge in [0.05, 0.1) is 0 Å². The summed E-state index contributed by atoms with van der Waals surface area (Å²) in [5.74, 6) is 0.571. The van der Waals surface area contributed by atoms with Crippen LogP contribution in [-0.4, -0.2) is 35.1 Å². The third kappa shape index (κ3) is 2.18. The minimum Gasteiger partial charge on any atom is -0.361 e. The van der Waals surface area contributed by atoms with Gasteiger partial charge in [-0.3, -0.25) is 4.79 Å². The first-order valence-corrected chi connectivity index (χ1v) is 5.15. The van der Waals surface area contributed by atoms with Gasteiger partial charge < -0.3 is 15.2 Å². The van der Waals surface area contributed by atoms with Crippen LogP contribution in [0.3, 0.4) is 0 Å². The van der Waals surface area contributed by atoms with Crippen LogP contribution in [0.4, 0.5) is 0 Å². The number of carbonyl (C=O) groups is 1. The Hall–Kier alpha value is -1.36. The highest BCUT2D eigenvalue weighted by molar-refractivity contribution is 5.92. The first-order chi connectivity index (χ1) is 7.16. The molecule has 5 heteroatoms. The second kappa shape index (κ2) is 4.02. The largest absolute Gasteiger partial charge is 0.361 e. The van der Waals surface area contributed by atoms with Crippen LogP contribution in [0.15, 0.2) is 10.6 Å². The molecule has 2 heterocycles. The summed E-state index contributed by atoms with van der Waals surface area (Å²) in [7, 11) is 0. The molecule has 1 saturated heterocycles. The van der Waals surface area contributed by atoms with Crippen LogP contribution in [-0.2, 0) is 0 Å². The first kappa shape index (κ1) is 10.2. The molecule has 1 amide bonds. The standard InChI is InChI=1S/C10H15N3O2/c1-7-5-9(12-15-7)10(14)13-4-2-3-8(11)6-13/h5,8H,2-4,6,11H2,1H3/t8-/m1/s1. The second-order valence-corrected chi connectivity index (χ2v) is 3.98. The molecule has 2 rings (SSSR count). The number of aryl methyl sites for hydroxylation is 1. The van der Waals surface area contributed by atoms with E-state index in [9.17, 15) is 4.79 Å². The highest BCUT2D eigenvalue weighted by atomic mass is 16.5. The van der Waals surface area contributed by atoms with Gasteiger partial charge in [-0.15, -0.1) is 0 Å². The van der Waals surface area contributed by atoms with Crippen LogP contribution in [0, 0.1) is 6.92 Å². The summed E-state index contributed by atoms with van der Waals surface area (Å²) >= 11 is 0. The van der Waals surface area contributed by atoms with Crippen molar-refractivity contribution in [3.8, 4) is 0 Å². The van der Waals surface area contributed by atoms with E-state index in [1.807, 2.05) is 0 Å². The highest BCUT2D eigenvalue weighted by Crippen LogP contribution is 2.12. The molecule has 0 radical (unpaired) electrons. The summed E-state index contributed by atoms with van der Waals surface area (Å²) in [6, 6.07) is 1.75. The molecule has 1 atom stereocenters. The van der Waals surface area contributed by atoms with E-state index in [2.05, 4.69) is 5.16 Å². The number of likely N-dealkylation sites (tertiary alicyclic amines) is 1. The highest BCUT2D eigenvalue weighted by Gasteiger charge is 2.24. The van der Waals surface area contributed by atoms with Crippen molar-refractivity contribution < 1.29 is 9.32 Å². The number of amides is 1. The van der Waals surface area contributed by atoms with Gasteiger partial charge in [0, 0.05) is 25.2 Å². The van der Waals surface area contributed by atoms with Gasteiger partial charge in [0.15, 0.2) is 5.69 Å². The zero-order chi connectivity index (χ0) is 10.8. The summed E-state index contributed by atoms with van der Waals surface area (Å²) in [5.41, 5.74) is 6.18. The van der Waals surface area contributed by atoms with Crippen molar-refractivity contribution in [1.29, 1.82) is 0 Å². The molecular weight excluding hydrogens is 194 g/mol. The average molecular weight is 209 g/mol. The molecule has 2 N–H and O–H groups in total. The Balaban J connectivity index is 2.07. The van der Waals surface area contributed by atoms with Crippen molar-refractivity contribution in [2.24, 2.45) is 5.73 Å². The summed E-state index contributed by atoms with van der Waals surface area (Å²) in [6.07, 6.45) is 1.95. The zero-order valence-corrected chi connectivity index (χ0v) is 8.77. The predicted molar refractivity (Wildman–Crippen MR) is 54.4 cm³/mol. The van der Waals surface area contributed by atoms with E-state index in [4.69, 9.17) is 10.3 Å². The summed E-state index contributed by atoms with van der Waals surface area (Å²) in [5, 5.41) is 3.71. The van der Waals surface area contributed by atoms with Gasteiger partial charge >= 0.3 is 0 Å². The number of hydrogen-bond donors (Lipinski definition) is 1. The number of hydrogen-bond acceptors (Lipinski definition) is 4. The molecule has 0 bridgehead atoms. The maximum absolute atomic E-state index is 11.9. The Bertz CT molecular complexity index is 361. The molecule has 0 aliphatic carbocycles. The van der Waals surface area contributed by atoms with Gasteiger partial charge in [-0.1, -0.05) is 5.16 Å². The maximum atomic E-state index is 11.9. The molecule has 1 fully saturated rings. The van der Waals surface area contributed by atoms with Crippen LogP contribution in [0.1, 0.15) is 29.1 Å². The monoisotopic (exact) mass is 209 g/mol. The van der Waals surface area contributed by atoms with Gasteiger partial charge in [-0.25, -0.2) is 0 Å². The Kier molecular flexibility index (Phi) is 2.73. The van der Waals surface area contributed by atoms with Crippen molar-refractivity contribution in [3.63, 3.8) is 0 Å². The van der Waals surface area contributed by atoms with Crippen molar-refractivity contribution in [2.75, 3.05) is 13.1 Å². The average Bonchev–Trinajstić information content (AvgIpc) is 2.64. The lowest BCUT2D eigenvalue weighted by Gasteiger charge is -2.29. The number of rotatable bonds is 1. The van der Waals surface area contributed by atoms with Crippen LogP contribution < -0.4 is 5.73 Å². The molecule has 1 aromatic heterocycles. The lowest BCUT2D eigenvalue weighted by molar-refractivity contribution is 0.0698. The number of nitrogens with two attached hydrogens (primary N) is 1. The maximum Gasteiger partial charge on any atom is 0.276 e. The summed E-state index contributed by atoms with van der Waals surface area (Å²) in [6.45, 7) is 3.15. The van der Waals surface area contributed by atoms with Crippen LogP contribution in [0.5, 0.6) is 0 Å². The van der Waals surface area contributed by atoms with Gasteiger partial charge in [-0.2, -0.15) is 0 Å². The van der Waals surface area contributed by atoms with E-state index in [1.165, 1.54) is 0 Å². The topological polar surface area (TPSA) is 72.4 Å². The van der Waals surface area contributed by atoms with Gasteiger partial charge in [0.1, 0.15) is 5.76 Å². The number of aromatic nitrogens is 1. The number of piperidine rings is 1. The molecule has 0 saturated carbocycles. The Morgan fingerprint density at radius 1 is 1.73 bits per heavy atom. The van der Waals surface area contributed by atoms with Gasteiger partial charge in [0.25, 0.3) is 5.91 Å². The fraction of sp³-hybridized carbons (Fsp3) is 0.600. The lowest BCUT2D eigenvalue weighted by atomic mass is 10.1. The first-order valence-electron chi connectivity index (χ1n) is 5.15. The molecule has 1 aromatic rings.